The largest absolute Gasteiger partial charge is 0.342 e. The molecule has 1 aromatic rings. The van der Waals surface area contributed by atoms with Crippen LogP contribution in [0.25, 0.3) is 0 Å². The van der Waals surface area contributed by atoms with Crippen LogP contribution in [0.15, 0.2) is 18.2 Å². The fourth-order valence-corrected chi connectivity index (χ4v) is 3.42. The summed E-state index contributed by atoms with van der Waals surface area (Å²) in [5, 5.41) is 3.02. The van der Waals surface area contributed by atoms with Crippen LogP contribution in [-0.4, -0.2) is 29.8 Å². The molecule has 1 saturated heterocycles. The van der Waals surface area contributed by atoms with Gasteiger partial charge < -0.3 is 10.2 Å². The minimum Gasteiger partial charge on any atom is -0.342 e. The molecule has 0 aromatic heterocycles. The highest BCUT2D eigenvalue weighted by Crippen LogP contribution is 2.48. The second-order valence-electron chi connectivity index (χ2n) is 7.28. The van der Waals surface area contributed by atoms with E-state index < -0.39 is 5.41 Å². The number of carbonyl (C=O) groups excluding carboxylic acids is 2. The molecule has 4 heteroatoms. The number of hydrogen-bond donors (Lipinski definition) is 1. The predicted molar refractivity (Wildman–Crippen MR) is 91.2 cm³/mol. The Hall–Kier alpha value is -1.84. The van der Waals surface area contributed by atoms with Crippen molar-refractivity contribution in [3.63, 3.8) is 0 Å². The number of piperidine rings is 1. The summed E-state index contributed by atoms with van der Waals surface area (Å²) >= 11 is 0. The Bertz CT molecular complexity index is 606. The van der Waals surface area contributed by atoms with E-state index >= 15 is 0 Å². The van der Waals surface area contributed by atoms with Gasteiger partial charge in [0.05, 0.1) is 0 Å². The number of anilines is 1. The van der Waals surface area contributed by atoms with Crippen molar-refractivity contribution in [2.24, 2.45) is 11.3 Å². The second-order valence-corrected chi connectivity index (χ2v) is 7.28. The van der Waals surface area contributed by atoms with E-state index in [1.165, 1.54) is 0 Å². The molecule has 3 rings (SSSR count). The molecule has 0 spiro atoms. The molecular formula is C19H26N2O2. The first-order valence-electron chi connectivity index (χ1n) is 8.61. The third-order valence-electron chi connectivity index (χ3n) is 5.38. The summed E-state index contributed by atoms with van der Waals surface area (Å²) in [7, 11) is 0. The van der Waals surface area contributed by atoms with Crippen LogP contribution < -0.4 is 5.32 Å². The van der Waals surface area contributed by atoms with E-state index in [1.807, 2.05) is 36.9 Å². The van der Waals surface area contributed by atoms with Gasteiger partial charge in [-0.25, -0.2) is 0 Å². The number of nitrogens with one attached hydrogen (secondary N) is 1. The third kappa shape index (κ3) is 2.99. The van der Waals surface area contributed by atoms with E-state index in [4.69, 9.17) is 0 Å². The second kappa shape index (κ2) is 5.99. The Labute approximate surface area is 138 Å². The quantitative estimate of drug-likeness (QED) is 0.870. The molecule has 124 valence electrons. The van der Waals surface area contributed by atoms with Crippen LogP contribution in [0.5, 0.6) is 0 Å². The zero-order valence-electron chi connectivity index (χ0n) is 14.3. The van der Waals surface area contributed by atoms with Gasteiger partial charge in [0.2, 0.25) is 11.8 Å². The predicted octanol–water partition coefficient (Wildman–Crippen LogP) is 3.28. The summed E-state index contributed by atoms with van der Waals surface area (Å²) < 4.78 is 0. The summed E-state index contributed by atoms with van der Waals surface area (Å²) in [6.07, 6.45) is 3.43. The lowest BCUT2D eigenvalue weighted by Crippen LogP contribution is -2.46. The van der Waals surface area contributed by atoms with Gasteiger partial charge >= 0.3 is 0 Å². The van der Waals surface area contributed by atoms with Crippen molar-refractivity contribution < 1.29 is 9.59 Å². The minimum atomic E-state index is -0.810. The molecule has 0 radical (unpaired) electrons. The third-order valence-corrected chi connectivity index (χ3v) is 5.38. The Balaban J connectivity index is 1.73. The average Bonchev–Trinajstić information content (AvgIpc) is 3.33. The molecule has 2 amide bonds. The van der Waals surface area contributed by atoms with Gasteiger partial charge in [-0.15, -0.1) is 0 Å². The van der Waals surface area contributed by atoms with Gasteiger partial charge in [-0.3, -0.25) is 9.59 Å². The van der Waals surface area contributed by atoms with Gasteiger partial charge in [0.1, 0.15) is 5.41 Å². The minimum absolute atomic E-state index is 0.0353. The van der Waals surface area contributed by atoms with Crippen molar-refractivity contribution in [3.8, 4) is 0 Å². The molecule has 2 aliphatic rings. The van der Waals surface area contributed by atoms with Crippen LogP contribution in [0.3, 0.4) is 0 Å². The maximum Gasteiger partial charge on any atom is 0.240 e. The number of rotatable bonds is 3. The topological polar surface area (TPSA) is 49.4 Å². The molecule has 4 nitrogen and oxygen atoms in total. The van der Waals surface area contributed by atoms with Crippen LogP contribution in [0.4, 0.5) is 5.69 Å². The lowest BCUT2D eigenvalue weighted by molar-refractivity contribution is -0.143. The fraction of sp³-hybridized carbons (Fsp3) is 0.579. The summed E-state index contributed by atoms with van der Waals surface area (Å²) in [6, 6.07) is 5.94. The standard InChI is InChI=1S/C19H26N2O2/c1-13-7-11-21(12-8-13)18(23)19(9-10-19)17(22)20-16-14(2)5-4-6-15(16)3/h4-6,13H,7-12H2,1-3H3,(H,20,22). The van der Waals surface area contributed by atoms with Crippen LogP contribution in [-0.2, 0) is 9.59 Å². The summed E-state index contributed by atoms with van der Waals surface area (Å²) in [5.74, 6) is 0.587. The maximum atomic E-state index is 12.9. The molecule has 1 aliphatic heterocycles. The van der Waals surface area contributed by atoms with Crippen LogP contribution in [0, 0.1) is 25.2 Å². The molecule has 1 N–H and O–H groups in total. The smallest absolute Gasteiger partial charge is 0.240 e. The van der Waals surface area contributed by atoms with Crippen molar-refractivity contribution >= 4 is 17.5 Å². The molecule has 1 saturated carbocycles. The van der Waals surface area contributed by atoms with E-state index in [9.17, 15) is 9.59 Å². The SMILES string of the molecule is Cc1cccc(C)c1NC(=O)C1(C(=O)N2CCC(C)CC2)CC1. The first-order chi connectivity index (χ1) is 10.9. The summed E-state index contributed by atoms with van der Waals surface area (Å²) in [6.45, 7) is 7.77. The Morgan fingerprint density at radius 1 is 1.13 bits per heavy atom. The lowest BCUT2D eigenvalue weighted by Gasteiger charge is -2.33. The van der Waals surface area contributed by atoms with Crippen molar-refractivity contribution in [2.75, 3.05) is 18.4 Å². The van der Waals surface area contributed by atoms with E-state index in [1.54, 1.807) is 0 Å². The molecule has 2 fully saturated rings. The van der Waals surface area contributed by atoms with Crippen LogP contribution >= 0.6 is 0 Å². The number of aryl methyl sites for hydroxylation is 2. The molecule has 1 aliphatic carbocycles. The molecule has 23 heavy (non-hydrogen) atoms. The Morgan fingerprint density at radius 3 is 2.22 bits per heavy atom. The van der Waals surface area contributed by atoms with Crippen molar-refractivity contribution in [1.82, 2.24) is 4.90 Å². The van der Waals surface area contributed by atoms with Gasteiger partial charge in [-0.1, -0.05) is 25.1 Å². The van der Waals surface area contributed by atoms with Crippen LogP contribution in [0.2, 0.25) is 0 Å². The highest BCUT2D eigenvalue weighted by atomic mass is 16.2. The van der Waals surface area contributed by atoms with Gasteiger partial charge in [-0.05, 0) is 56.6 Å². The zero-order chi connectivity index (χ0) is 16.6. The van der Waals surface area contributed by atoms with E-state index in [2.05, 4.69) is 12.2 Å². The molecule has 0 atom stereocenters. The molecule has 1 aromatic carbocycles. The number of para-hydroxylation sites is 1. The van der Waals surface area contributed by atoms with Crippen LogP contribution in [0.1, 0.15) is 43.7 Å². The average molecular weight is 314 g/mol. The van der Waals surface area contributed by atoms with Crippen molar-refractivity contribution in [3.05, 3.63) is 29.3 Å². The first-order valence-corrected chi connectivity index (χ1v) is 8.61. The van der Waals surface area contributed by atoms with Crippen molar-refractivity contribution in [1.29, 1.82) is 0 Å². The fourth-order valence-electron chi connectivity index (χ4n) is 3.42. The van der Waals surface area contributed by atoms with Gasteiger partial charge in [0.25, 0.3) is 0 Å². The lowest BCUT2D eigenvalue weighted by atomic mass is 9.96. The summed E-state index contributed by atoms with van der Waals surface area (Å²) in [4.78, 5) is 27.5. The monoisotopic (exact) mass is 314 g/mol. The molecule has 0 unspecified atom stereocenters. The number of amides is 2. The number of benzene rings is 1. The Morgan fingerprint density at radius 2 is 1.70 bits per heavy atom. The number of hydrogen-bond acceptors (Lipinski definition) is 2. The van der Waals surface area contributed by atoms with E-state index in [0.29, 0.717) is 18.8 Å². The highest BCUT2D eigenvalue weighted by molar-refractivity contribution is 6.13. The number of nitrogens with zero attached hydrogens (tertiary/aromatic N) is 1. The van der Waals surface area contributed by atoms with Gasteiger partial charge in [0.15, 0.2) is 0 Å². The number of carbonyl (C=O) groups is 2. The number of likely N-dealkylation sites (tertiary alicyclic amines) is 1. The van der Waals surface area contributed by atoms with E-state index in [-0.39, 0.29) is 11.8 Å². The molecule has 0 bridgehead atoms. The Kier molecular flexibility index (Phi) is 4.17. The summed E-state index contributed by atoms with van der Waals surface area (Å²) in [5.41, 5.74) is 2.11. The molecular weight excluding hydrogens is 288 g/mol. The van der Waals surface area contributed by atoms with E-state index in [0.717, 1.165) is 42.7 Å². The molecule has 1 heterocycles. The normalized spacial score (nSPS) is 20.2. The zero-order valence-corrected chi connectivity index (χ0v) is 14.3. The maximum absolute atomic E-state index is 12.9. The highest BCUT2D eigenvalue weighted by Gasteiger charge is 2.58. The van der Waals surface area contributed by atoms with Crippen molar-refractivity contribution in [2.45, 2.75) is 46.5 Å². The van der Waals surface area contributed by atoms with Gasteiger partial charge in [0, 0.05) is 18.8 Å². The first kappa shape index (κ1) is 16.0. The van der Waals surface area contributed by atoms with Gasteiger partial charge in [-0.2, -0.15) is 0 Å².